The zero-order valence-electron chi connectivity index (χ0n) is 17.5. The lowest BCUT2D eigenvalue weighted by atomic mass is 9.76. The third-order valence-corrected chi connectivity index (χ3v) is 7.28. The summed E-state index contributed by atoms with van der Waals surface area (Å²) in [6, 6.07) is 10.4. The number of hydrogen-bond donors (Lipinski definition) is 1. The van der Waals surface area contributed by atoms with Crippen molar-refractivity contribution in [2.75, 3.05) is 25.2 Å². The van der Waals surface area contributed by atoms with E-state index in [4.69, 9.17) is 14.7 Å². The van der Waals surface area contributed by atoms with Crippen LogP contribution >= 0.6 is 11.8 Å². The largest absolute Gasteiger partial charge is 0.377 e. The van der Waals surface area contributed by atoms with E-state index < -0.39 is 0 Å². The van der Waals surface area contributed by atoms with Gasteiger partial charge in [-0.05, 0) is 67.4 Å². The molecule has 2 heterocycles. The number of hydrogen-bond acceptors (Lipinski definition) is 5. The van der Waals surface area contributed by atoms with Crippen LogP contribution in [0.2, 0.25) is 0 Å². The molecule has 2 saturated heterocycles. The Kier molecular flexibility index (Phi) is 9.31. The molecule has 1 N–H and O–H groups in total. The molecular weight excluding hydrogens is 386 g/mol. The van der Waals surface area contributed by atoms with E-state index in [2.05, 4.69) is 24.3 Å². The number of benzene rings is 1. The number of rotatable bonds is 13. The van der Waals surface area contributed by atoms with Gasteiger partial charge in [0.05, 0.1) is 18.8 Å². The molecule has 6 heteroatoms. The molecule has 2 aliphatic rings. The molecule has 1 amide bonds. The van der Waals surface area contributed by atoms with E-state index in [1.54, 1.807) is 0 Å². The lowest BCUT2D eigenvalue weighted by Gasteiger charge is -2.28. The van der Waals surface area contributed by atoms with Gasteiger partial charge in [-0.2, -0.15) is 11.8 Å². The van der Waals surface area contributed by atoms with E-state index in [9.17, 15) is 4.79 Å². The highest BCUT2D eigenvalue weighted by molar-refractivity contribution is 7.99. The summed E-state index contributed by atoms with van der Waals surface area (Å²) >= 11 is 1.98. The molecule has 0 spiro atoms. The molecule has 0 radical (unpaired) electrons. The second-order valence-electron chi connectivity index (χ2n) is 8.22. The Morgan fingerprint density at radius 3 is 2.59 bits per heavy atom. The lowest BCUT2D eigenvalue weighted by molar-refractivity contribution is -0.159. The molecule has 0 saturated carbocycles. The predicted octanol–water partition coefficient (Wildman–Crippen LogP) is 4.53. The van der Waals surface area contributed by atoms with Crippen molar-refractivity contribution in [2.24, 2.45) is 11.8 Å². The summed E-state index contributed by atoms with van der Waals surface area (Å²) in [4.78, 5) is 11.3. The molecule has 3 rings (SSSR count). The fourth-order valence-corrected chi connectivity index (χ4v) is 5.67. The van der Waals surface area contributed by atoms with Gasteiger partial charge in [-0.1, -0.05) is 30.3 Å². The third-order valence-electron chi connectivity index (χ3n) is 6.18. The van der Waals surface area contributed by atoms with E-state index >= 15 is 0 Å². The van der Waals surface area contributed by atoms with Crippen molar-refractivity contribution < 1.29 is 19.5 Å². The zero-order chi connectivity index (χ0) is 20.5. The highest BCUT2D eigenvalue weighted by Gasteiger charge is 2.47. The van der Waals surface area contributed by atoms with Crippen molar-refractivity contribution in [3.8, 4) is 0 Å². The minimum atomic E-state index is -0.202. The van der Waals surface area contributed by atoms with E-state index in [0.29, 0.717) is 42.1 Å². The first-order valence-corrected chi connectivity index (χ1v) is 12.1. The van der Waals surface area contributed by atoms with Crippen LogP contribution in [-0.4, -0.2) is 53.5 Å². The van der Waals surface area contributed by atoms with Crippen LogP contribution in [0.25, 0.3) is 0 Å². The Bertz CT molecular complexity index is 612. The quantitative estimate of drug-likeness (QED) is 0.288. The van der Waals surface area contributed by atoms with Crippen molar-refractivity contribution in [2.45, 2.75) is 63.8 Å². The van der Waals surface area contributed by atoms with Crippen molar-refractivity contribution >= 4 is 17.7 Å². The molecule has 2 bridgehead atoms. The van der Waals surface area contributed by atoms with Crippen LogP contribution in [0.1, 0.15) is 50.5 Å². The minimum absolute atomic E-state index is 0.202. The summed E-state index contributed by atoms with van der Waals surface area (Å²) in [6.45, 7) is 1.50. The molecule has 162 valence electrons. The van der Waals surface area contributed by atoms with Gasteiger partial charge >= 0.3 is 0 Å². The fourth-order valence-electron chi connectivity index (χ4n) is 4.62. The van der Waals surface area contributed by atoms with Gasteiger partial charge in [0, 0.05) is 20.1 Å². The lowest BCUT2D eigenvalue weighted by Crippen LogP contribution is -2.28. The predicted molar refractivity (Wildman–Crippen MR) is 116 cm³/mol. The normalized spacial score (nSPS) is 25.4. The highest BCUT2D eigenvalue weighted by atomic mass is 32.2. The molecule has 4 atom stereocenters. The van der Waals surface area contributed by atoms with Crippen LogP contribution in [0.15, 0.2) is 30.3 Å². The van der Waals surface area contributed by atoms with Crippen LogP contribution in [0.3, 0.4) is 0 Å². The second kappa shape index (κ2) is 11.9. The van der Waals surface area contributed by atoms with E-state index in [1.807, 2.05) is 17.8 Å². The minimum Gasteiger partial charge on any atom is -0.377 e. The molecule has 1 aromatic rings. The van der Waals surface area contributed by atoms with Crippen molar-refractivity contribution in [3.05, 3.63) is 35.9 Å². The Morgan fingerprint density at radius 1 is 1.14 bits per heavy atom. The van der Waals surface area contributed by atoms with Crippen LogP contribution in [0, 0.1) is 11.8 Å². The first kappa shape index (κ1) is 22.6. The fraction of sp³-hybridized carbons (Fsp3) is 0.696. The summed E-state index contributed by atoms with van der Waals surface area (Å²) < 4.78 is 12.2. The maximum atomic E-state index is 11.3. The first-order valence-electron chi connectivity index (χ1n) is 11.0. The van der Waals surface area contributed by atoms with E-state index in [0.717, 1.165) is 37.4 Å². The van der Waals surface area contributed by atoms with Crippen molar-refractivity contribution in [3.63, 3.8) is 0 Å². The number of ether oxygens (including phenoxy) is 2. The van der Waals surface area contributed by atoms with Gasteiger partial charge in [-0.15, -0.1) is 0 Å². The third kappa shape index (κ3) is 6.99. The van der Waals surface area contributed by atoms with Crippen LogP contribution in [-0.2, 0) is 20.9 Å². The number of unbranched alkanes of at least 4 members (excludes halogenated alkanes) is 1. The molecule has 0 aliphatic carbocycles. The number of carbonyl (C=O) groups is 1. The van der Waals surface area contributed by atoms with Gasteiger partial charge in [0.2, 0.25) is 5.91 Å². The summed E-state index contributed by atoms with van der Waals surface area (Å²) in [5.74, 6) is 3.35. The maximum absolute atomic E-state index is 11.3. The number of fused-ring (bicyclic) bond motifs is 2. The van der Waals surface area contributed by atoms with Crippen LogP contribution in [0.4, 0.5) is 0 Å². The Hall–Kier alpha value is -1.08. The van der Waals surface area contributed by atoms with Gasteiger partial charge < -0.3 is 9.47 Å². The first-order chi connectivity index (χ1) is 14.1. The van der Waals surface area contributed by atoms with Gasteiger partial charge in [0.25, 0.3) is 0 Å². The van der Waals surface area contributed by atoms with Crippen molar-refractivity contribution in [1.82, 2.24) is 5.06 Å². The zero-order valence-corrected chi connectivity index (χ0v) is 18.3. The summed E-state index contributed by atoms with van der Waals surface area (Å²) in [6.07, 6.45) is 7.94. The van der Waals surface area contributed by atoms with Gasteiger partial charge in [-0.25, -0.2) is 5.06 Å². The standard InChI is InChI=1S/C23H35NO4S/c1-24(26)23(25)9-5-6-15-29-16-13-20-19(21-10-11-22(20)28-21)12-14-27-17-18-7-3-2-4-8-18/h2-4,7-8,19-22,26H,5-6,9-17H2,1H3. The number of nitrogens with zero attached hydrogens (tertiary/aromatic N) is 1. The number of hydroxylamine groups is 2. The van der Waals surface area contributed by atoms with Crippen LogP contribution < -0.4 is 0 Å². The summed E-state index contributed by atoms with van der Waals surface area (Å²) in [7, 11) is 1.39. The monoisotopic (exact) mass is 421 g/mol. The number of amides is 1. The molecule has 1 aromatic carbocycles. The number of thioether (sulfide) groups is 1. The molecule has 5 nitrogen and oxygen atoms in total. The molecule has 0 aromatic heterocycles. The Balaban J connectivity index is 1.29. The van der Waals surface area contributed by atoms with Gasteiger partial charge in [-0.3, -0.25) is 10.0 Å². The van der Waals surface area contributed by atoms with Crippen molar-refractivity contribution in [1.29, 1.82) is 0 Å². The van der Waals surface area contributed by atoms with Crippen LogP contribution in [0.5, 0.6) is 0 Å². The van der Waals surface area contributed by atoms with E-state index in [-0.39, 0.29) is 5.91 Å². The van der Waals surface area contributed by atoms with E-state index in [1.165, 1.54) is 31.9 Å². The average molecular weight is 422 g/mol. The number of carbonyl (C=O) groups excluding carboxylic acids is 1. The SMILES string of the molecule is CN(O)C(=O)CCCCSCCC1C2CCC(O2)C1CCOCc1ccccc1. The highest BCUT2D eigenvalue weighted by Crippen LogP contribution is 2.46. The summed E-state index contributed by atoms with van der Waals surface area (Å²) in [5.41, 5.74) is 1.23. The second-order valence-corrected chi connectivity index (χ2v) is 9.45. The molecular formula is C23H35NO4S. The Labute approximate surface area is 179 Å². The molecule has 2 fully saturated rings. The molecule has 2 aliphatic heterocycles. The smallest absolute Gasteiger partial charge is 0.245 e. The average Bonchev–Trinajstić information content (AvgIpc) is 3.33. The van der Waals surface area contributed by atoms with Gasteiger partial charge in [0.1, 0.15) is 0 Å². The molecule has 29 heavy (non-hydrogen) atoms. The van der Waals surface area contributed by atoms with Gasteiger partial charge in [0.15, 0.2) is 0 Å². The topological polar surface area (TPSA) is 59.0 Å². The molecule has 4 unspecified atom stereocenters. The maximum Gasteiger partial charge on any atom is 0.245 e. The summed E-state index contributed by atoms with van der Waals surface area (Å²) in [5, 5.41) is 9.74. The Morgan fingerprint density at radius 2 is 1.86 bits per heavy atom.